The van der Waals surface area contributed by atoms with Crippen LogP contribution < -0.4 is 0 Å². The first-order valence-corrected chi connectivity index (χ1v) is 15.9. The summed E-state index contributed by atoms with van der Waals surface area (Å²) in [6.45, 7) is 12.2. The fraction of sp³-hybridized carbons (Fsp3) is 0.220. The summed E-state index contributed by atoms with van der Waals surface area (Å²) in [5.41, 5.74) is 8.88. The van der Waals surface area contributed by atoms with E-state index in [-0.39, 0.29) is 31.6 Å². The van der Waals surface area contributed by atoms with Crippen molar-refractivity contribution in [3.05, 3.63) is 109 Å². The molecule has 239 valence electrons. The van der Waals surface area contributed by atoms with Crippen LogP contribution in [0.4, 0.5) is 0 Å². The van der Waals surface area contributed by atoms with E-state index >= 15 is 0 Å². The Morgan fingerprint density at radius 2 is 1.57 bits per heavy atom. The van der Waals surface area contributed by atoms with Gasteiger partial charge >= 0.3 is 0 Å². The van der Waals surface area contributed by atoms with Crippen LogP contribution in [0.15, 0.2) is 101 Å². The Morgan fingerprint density at radius 1 is 0.851 bits per heavy atom. The number of ketones is 1. The molecular formula is C41H37IrN2O3-. The molecule has 1 N–H and O–H groups in total. The first-order chi connectivity index (χ1) is 22.1. The van der Waals surface area contributed by atoms with E-state index < -0.39 is 0 Å². The average Bonchev–Trinajstić information content (AvgIpc) is 3.66. The molecule has 0 aliphatic heterocycles. The van der Waals surface area contributed by atoms with Crippen LogP contribution in [0.3, 0.4) is 0 Å². The topological polar surface area (TPSA) is 67.7 Å². The van der Waals surface area contributed by atoms with Crippen LogP contribution in [0.2, 0.25) is 0 Å². The molecule has 8 aromatic rings. The number of para-hydroxylation sites is 1. The van der Waals surface area contributed by atoms with Gasteiger partial charge in [0.2, 0.25) is 0 Å². The third-order valence-electron chi connectivity index (χ3n) is 9.03. The van der Waals surface area contributed by atoms with Gasteiger partial charge < -0.3 is 18.9 Å². The molecule has 4 heterocycles. The molecular weight excluding hydrogens is 761 g/mol. The molecule has 0 fully saturated rings. The number of carbonyl (C=O) groups is 1. The summed E-state index contributed by atoms with van der Waals surface area (Å²) in [4.78, 5) is 14.6. The van der Waals surface area contributed by atoms with E-state index in [0.29, 0.717) is 17.8 Å². The van der Waals surface area contributed by atoms with Gasteiger partial charge in [-0.15, -0.1) is 23.8 Å². The van der Waals surface area contributed by atoms with E-state index in [1.165, 1.54) is 74.4 Å². The molecule has 0 amide bonds. The Kier molecular flexibility index (Phi) is 8.69. The fourth-order valence-electron chi connectivity index (χ4n) is 7.47. The van der Waals surface area contributed by atoms with Gasteiger partial charge in [0.05, 0.1) is 16.7 Å². The van der Waals surface area contributed by atoms with Crippen molar-refractivity contribution in [3.63, 3.8) is 0 Å². The molecule has 4 aromatic carbocycles. The molecule has 0 bridgehead atoms. The van der Waals surface area contributed by atoms with Crippen LogP contribution in [0.5, 0.6) is 0 Å². The Labute approximate surface area is 287 Å². The number of fused-ring (bicyclic) bond motifs is 10. The summed E-state index contributed by atoms with van der Waals surface area (Å²) < 4.78 is 9.00. The Balaban J connectivity index is 0.000000438. The van der Waals surface area contributed by atoms with E-state index in [0.717, 1.165) is 22.4 Å². The number of hydrogen-bond acceptors (Lipinski definition) is 4. The second-order valence-electron chi connectivity index (χ2n) is 13.0. The number of furan rings is 1. The number of aromatic nitrogens is 2. The van der Waals surface area contributed by atoms with Gasteiger partial charge in [-0.3, -0.25) is 4.79 Å². The quantitative estimate of drug-likeness (QED) is 0.107. The number of nitrogens with zero attached hydrogens (tertiary/aromatic N) is 2. The maximum absolute atomic E-state index is 10.0. The molecule has 1 radical (unpaired) electrons. The van der Waals surface area contributed by atoms with E-state index in [9.17, 15) is 4.79 Å². The molecule has 0 saturated carbocycles. The van der Waals surface area contributed by atoms with E-state index in [4.69, 9.17) is 9.52 Å². The fourth-order valence-corrected chi connectivity index (χ4v) is 7.47. The molecule has 0 saturated heterocycles. The minimum atomic E-state index is -0.125. The van der Waals surface area contributed by atoms with Crippen molar-refractivity contribution in [1.82, 2.24) is 9.38 Å². The standard InChI is InChI=1S/C36H29N2O.C5H8O2.Ir/c1-20(2)33(21(3)4)23-18-27-26-17-22(29-10-7-8-16-37-29)12-14-30(26)38-31-15-13-25-24-9-5-6-11-32(24)39-36(25)34(31)28(19-23)35(27)38;1-4(6)3-5(2)7;/h5-11,13-21,33H,1-4H3;3,6H,1-2H3;/q-1;;/b;4-3-;. The summed E-state index contributed by atoms with van der Waals surface area (Å²) in [5, 5.41) is 15.7. The number of allylic oxidation sites excluding steroid dienone is 2. The van der Waals surface area contributed by atoms with Gasteiger partial charge in [0.25, 0.3) is 0 Å². The van der Waals surface area contributed by atoms with Gasteiger partial charge in [0.1, 0.15) is 11.2 Å². The molecule has 5 nitrogen and oxygen atoms in total. The SMILES string of the molecule is CC(=O)/C=C(/C)O.CC(C)C(c1cc2c3cc(-c4ccccn4)[c-]cc3n3c4ccc5c6ccccc6oc5c4c(c1)c23)C(C)C.[Ir]. The zero-order valence-electron chi connectivity index (χ0n) is 27.4. The molecule has 4 aromatic heterocycles. The predicted octanol–water partition coefficient (Wildman–Crippen LogP) is 11.0. The van der Waals surface area contributed by atoms with E-state index in [1.54, 1.807) is 0 Å². The summed E-state index contributed by atoms with van der Waals surface area (Å²) in [6, 6.07) is 31.8. The first-order valence-electron chi connectivity index (χ1n) is 15.9. The zero-order valence-corrected chi connectivity index (χ0v) is 29.8. The molecule has 0 spiro atoms. The maximum atomic E-state index is 10.0. The second-order valence-corrected chi connectivity index (χ2v) is 13.0. The number of benzene rings is 4. The third kappa shape index (κ3) is 5.50. The monoisotopic (exact) mass is 798 g/mol. The third-order valence-corrected chi connectivity index (χ3v) is 9.03. The van der Waals surface area contributed by atoms with Crippen molar-refractivity contribution >= 4 is 65.8 Å². The first kappa shape index (κ1) is 32.4. The van der Waals surface area contributed by atoms with Crippen LogP contribution in [-0.2, 0) is 24.9 Å². The second kappa shape index (κ2) is 12.6. The van der Waals surface area contributed by atoms with Crippen molar-refractivity contribution in [3.8, 4) is 11.3 Å². The number of aliphatic hydroxyl groups is 1. The number of hydrogen-bond donors (Lipinski definition) is 1. The number of pyridine rings is 1. The van der Waals surface area contributed by atoms with Gasteiger partial charge in [-0.1, -0.05) is 69.5 Å². The van der Waals surface area contributed by atoms with Crippen molar-refractivity contribution in [2.24, 2.45) is 11.8 Å². The van der Waals surface area contributed by atoms with E-state index in [2.05, 4.69) is 104 Å². The van der Waals surface area contributed by atoms with Gasteiger partial charge in [-0.05, 0) is 84.1 Å². The van der Waals surface area contributed by atoms with E-state index in [1.807, 2.05) is 24.4 Å². The van der Waals surface area contributed by atoms with Crippen LogP contribution in [0.25, 0.3) is 71.3 Å². The van der Waals surface area contributed by atoms with Crippen LogP contribution in [0.1, 0.15) is 53.0 Å². The molecule has 6 heteroatoms. The smallest absolute Gasteiger partial charge is 0.155 e. The zero-order chi connectivity index (χ0) is 32.3. The average molecular weight is 798 g/mol. The van der Waals surface area contributed by atoms with Crippen molar-refractivity contribution < 1.29 is 34.4 Å². The normalized spacial score (nSPS) is 12.3. The minimum absolute atomic E-state index is 0. The van der Waals surface area contributed by atoms with Crippen LogP contribution in [0, 0.1) is 17.9 Å². The Bertz CT molecular complexity index is 2420. The number of carbonyl (C=O) groups excluding carboxylic acids is 1. The van der Waals surface area contributed by atoms with Gasteiger partial charge in [-0.25, -0.2) is 0 Å². The van der Waals surface area contributed by atoms with Crippen molar-refractivity contribution in [2.45, 2.75) is 47.5 Å². The molecule has 0 atom stereocenters. The van der Waals surface area contributed by atoms with Crippen molar-refractivity contribution in [1.29, 1.82) is 0 Å². The summed E-state index contributed by atoms with van der Waals surface area (Å²) in [7, 11) is 0. The molecule has 0 aliphatic rings. The molecule has 0 aliphatic carbocycles. The van der Waals surface area contributed by atoms with Gasteiger partial charge in [0, 0.05) is 54.1 Å². The molecule has 8 rings (SSSR count). The minimum Gasteiger partial charge on any atom is -0.512 e. The molecule has 47 heavy (non-hydrogen) atoms. The Morgan fingerprint density at radius 3 is 2.23 bits per heavy atom. The van der Waals surface area contributed by atoms with Crippen molar-refractivity contribution in [2.75, 3.05) is 0 Å². The summed E-state index contributed by atoms with van der Waals surface area (Å²) >= 11 is 0. The largest absolute Gasteiger partial charge is 0.512 e. The van der Waals surface area contributed by atoms with Gasteiger partial charge in [0.15, 0.2) is 5.78 Å². The summed E-state index contributed by atoms with van der Waals surface area (Å²) in [6.07, 6.45) is 3.01. The summed E-state index contributed by atoms with van der Waals surface area (Å²) in [5.74, 6) is 1.45. The Hall–Kier alpha value is -4.51. The van der Waals surface area contributed by atoms with Crippen LogP contribution >= 0.6 is 0 Å². The maximum Gasteiger partial charge on any atom is 0.155 e. The number of aliphatic hydroxyl groups excluding tert-OH is 1. The molecule has 0 unspecified atom stereocenters. The van der Waals surface area contributed by atoms with Crippen LogP contribution in [-0.4, -0.2) is 20.3 Å². The predicted molar refractivity (Wildman–Crippen MR) is 190 cm³/mol. The van der Waals surface area contributed by atoms with Gasteiger partial charge in [-0.2, -0.15) is 0 Å². The number of rotatable bonds is 5.